The van der Waals surface area contributed by atoms with Gasteiger partial charge in [-0.25, -0.2) is 19.3 Å². The Kier molecular flexibility index (Phi) is 5.33. The van der Waals surface area contributed by atoms with Gasteiger partial charge in [-0.15, -0.1) is 0 Å². The topological polar surface area (TPSA) is 86.4 Å². The van der Waals surface area contributed by atoms with Crippen molar-refractivity contribution in [2.24, 2.45) is 0 Å². The number of morpholine rings is 1. The van der Waals surface area contributed by atoms with Gasteiger partial charge in [0.2, 0.25) is 0 Å². The minimum atomic E-state index is -3.01. The zero-order chi connectivity index (χ0) is 21.5. The first-order valence-electron chi connectivity index (χ1n) is 10.6. The molecule has 31 heavy (non-hydrogen) atoms. The number of piperidine rings is 1. The molecule has 6 rings (SSSR count). The van der Waals surface area contributed by atoms with Crippen molar-refractivity contribution in [2.45, 2.75) is 63.0 Å². The second-order valence-corrected chi connectivity index (χ2v) is 8.40. The Morgan fingerprint density at radius 1 is 1.16 bits per heavy atom. The van der Waals surface area contributed by atoms with Gasteiger partial charge in [-0.3, -0.25) is 0 Å². The lowest BCUT2D eigenvalue weighted by Crippen LogP contribution is -2.55. The number of anilines is 2. The van der Waals surface area contributed by atoms with Crippen LogP contribution < -0.4 is 15.4 Å². The number of nitrogens with zero attached hydrogens (tertiary/aromatic N) is 4. The van der Waals surface area contributed by atoms with E-state index in [0.29, 0.717) is 43.0 Å². The van der Waals surface area contributed by atoms with E-state index in [1.165, 1.54) is 12.3 Å². The first-order chi connectivity index (χ1) is 15.0. The summed E-state index contributed by atoms with van der Waals surface area (Å²) in [5.74, 6) is 0.909. The van der Waals surface area contributed by atoms with E-state index in [1.807, 2.05) is 6.07 Å². The highest BCUT2D eigenvalue weighted by Crippen LogP contribution is 2.38. The van der Waals surface area contributed by atoms with E-state index in [1.54, 1.807) is 0 Å². The maximum atomic E-state index is 13.9. The Morgan fingerprint density at radius 3 is 2.68 bits per heavy atom. The molecule has 0 spiro atoms. The number of alkyl halides is 3. The van der Waals surface area contributed by atoms with Crippen LogP contribution in [0, 0.1) is 0 Å². The molecule has 2 aromatic rings. The second kappa shape index (κ2) is 8.14. The van der Waals surface area contributed by atoms with Crippen LogP contribution >= 0.6 is 0 Å². The summed E-state index contributed by atoms with van der Waals surface area (Å²) in [5.41, 5.74) is 6.70. The highest BCUT2D eigenvalue weighted by Gasteiger charge is 2.36. The number of hydrogen-bond acceptors (Lipinski definition) is 7. The normalized spacial score (nSPS) is 27.8. The monoisotopic (exact) mass is 435 g/mol. The van der Waals surface area contributed by atoms with E-state index in [2.05, 4.69) is 19.6 Å². The van der Waals surface area contributed by atoms with E-state index >= 15 is 0 Å². The molecule has 4 fully saturated rings. The third kappa shape index (κ3) is 4.13. The summed E-state index contributed by atoms with van der Waals surface area (Å²) in [5, 5.41) is 0. The molecule has 2 N–H and O–H groups in total. The summed E-state index contributed by atoms with van der Waals surface area (Å²) < 4.78 is 49.7. The minimum absolute atomic E-state index is 0.0783. The molecule has 7 nitrogen and oxygen atoms in total. The summed E-state index contributed by atoms with van der Waals surface area (Å²) in [6.07, 6.45) is 4.38. The molecule has 0 amide bonds. The molecular formula is C21H24F3N5O2. The summed E-state index contributed by atoms with van der Waals surface area (Å²) in [4.78, 5) is 15.7. The van der Waals surface area contributed by atoms with Crippen molar-refractivity contribution in [3.05, 3.63) is 24.2 Å². The van der Waals surface area contributed by atoms with Gasteiger partial charge in [-0.05, 0) is 38.2 Å². The molecule has 10 heteroatoms. The third-order valence-electron chi connectivity index (χ3n) is 6.34. The van der Waals surface area contributed by atoms with Crippen molar-refractivity contribution in [3.8, 4) is 17.0 Å². The fraction of sp³-hybridized carbons (Fsp3) is 0.571. The number of rotatable bonds is 5. The van der Waals surface area contributed by atoms with Crippen molar-refractivity contribution in [1.82, 2.24) is 15.0 Å². The second-order valence-electron chi connectivity index (χ2n) is 8.40. The number of nitrogen functional groups attached to an aromatic ring is 1. The van der Waals surface area contributed by atoms with E-state index in [0.717, 1.165) is 25.2 Å². The Morgan fingerprint density at radius 2 is 2.03 bits per heavy atom. The fourth-order valence-electron chi connectivity index (χ4n) is 4.71. The molecule has 2 aromatic heterocycles. The van der Waals surface area contributed by atoms with E-state index < -0.39 is 12.8 Å². The van der Waals surface area contributed by atoms with Gasteiger partial charge in [0.1, 0.15) is 17.8 Å². The van der Waals surface area contributed by atoms with Gasteiger partial charge in [-0.1, -0.05) is 0 Å². The highest BCUT2D eigenvalue weighted by atomic mass is 19.3. The lowest BCUT2D eigenvalue weighted by atomic mass is 9.97. The van der Waals surface area contributed by atoms with Crippen molar-refractivity contribution < 1.29 is 22.6 Å². The average Bonchev–Trinajstić information content (AvgIpc) is 3.22. The highest BCUT2D eigenvalue weighted by molar-refractivity contribution is 5.67. The number of nitrogens with two attached hydrogens (primary N) is 1. The Labute approximate surface area is 177 Å². The Bertz CT molecular complexity index is 955. The molecule has 0 radical (unpaired) electrons. The molecule has 1 aliphatic carbocycles. The van der Waals surface area contributed by atoms with E-state index in [4.69, 9.17) is 15.5 Å². The van der Waals surface area contributed by atoms with Gasteiger partial charge >= 0.3 is 6.61 Å². The summed E-state index contributed by atoms with van der Waals surface area (Å²) in [6, 6.07) is 3.45. The number of hydrogen-bond donors (Lipinski definition) is 1. The molecule has 166 valence electrons. The number of pyridine rings is 1. The van der Waals surface area contributed by atoms with Crippen LogP contribution in [0.2, 0.25) is 0 Å². The van der Waals surface area contributed by atoms with Crippen LogP contribution in [0.4, 0.5) is 24.8 Å². The first kappa shape index (κ1) is 20.3. The fourth-order valence-corrected chi connectivity index (χ4v) is 4.71. The molecule has 4 aliphatic rings. The third-order valence-corrected chi connectivity index (χ3v) is 6.34. The van der Waals surface area contributed by atoms with Gasteiger partial charge in [0.05, 0.1) is 24.4 Å². The smallest absolute Gasteiger partial charge is 0.387 e. The van der Waals surface area contributed by atoms with Crippen molar-refractivity contribution in [2.75, 3.05) is 23.8 Å². The van der Waals surface area contributed by atoms with E-state index in [9.17, 15) is 13.2 Å². The van der Waals surface area contributed by atoms with Crippen LogP contribution in [0.15, 0.2) is 18.3 Å². The molecule has 2 unspecified atom stereocenters. The van der Waals surface area contributed by atoms with Crippen molar-refractivity contribution in [3.63, 3.8) is 0 Å². The van der Waals surface area contributed by atoms with Crippen LogP contribution in [0.3, 0.4) is 0 Å². The Balaban J connectivity index is 1.55. The molecule has 2 bridgehead atoms. The van der Waals surface area contributed by atoms with Gasteiger partial charge in [0.25, 0.3) is 0 Å². The maximum Gasteiger partial charge on any atom is 0.387 e. The molecular weight excluding hydrogens is 411 g/mol. The zero-order valence-electron chi connectivity index (χ0n) is 16.9. The van der Waals surface area contributed by atoms with Crippen LogP contribution in [0.1, 0.15) is 43.8 Å². The zero-order valence-corrected chi connectivity index (χ0v) is 16.9. The first-order valence-corrected chi connectivity index (χ1v) is 10.6. The average molecular weight is 435 g/mol. The SMILES string of the molecule is Nc1ncc(-c2cc(N3C[C@@H]4CC[C@H]3CO4)nc(C3CCC(F)C3)n2)cc1OC(F)F. The predicted molar refractivity (Wildman–Crippen MR) is 108 cm³/mol. The summed E-state index contributed by atoms with van der Waals surface area (Å²) in [6.45, 7) is -1.64. The largest absolute Gasteiger partial charge is 0.431 e. The number of fused-ring (bicyclic) bond motifs is 3. The van der Waals surface area contributed by atoms with Gasteiger partial charge < -0.3 is 20.1 Å². The van der Waals surface area contributed by atoms with Gasteiger partial charge in [-0.2, -0.15) is 8.78 Å². The van der Waals surface area contributed by atoms with Gasteiger partial charge in [0.15, 0.2) is 11.6 Å². The number of ether oxygens (including phenoxy) is 2. The molecule has 3 aliphatic heterocycles. The van der Waals surface area contributed by atoms with Gasteiger partial charge in [0, 0.05) is 30.3 Å². The number of aromatic nitrogens is 3. The van der Waals surface area contributed by atoms with Crippen LogP contribution in [0.25, 0.3) is 11.3 Å². The quantitative estimate of drug-likeness (QED) is 0.766. The summed E-state index contributed by atoms with van der Waals surface area (Å²) in [7, 11) is 0. The van der Waals surface area contributed by atoms with E-state index in [-0.39, 0.29) is 29.6 Å². The minimum Gasteiger partial charge on any atom is -0.431 e. The molecule has 5 heterocycles. The predicted octanol–water partition coefficient (Wildman–Crippen LogP) is 3.70. The molecule has 3 saturated heterocycles. The van der Waals surface area contributed by atoms with Crippen LogP contribution in [-0.2, 0) is 4.74 Å². The van der Waals surface area contributed by atoms with Crippen LogP contribution in [-0.4, -0.2) is 53.0 Å². The number of halogens is 3. The van der Waals surface area contributed by atoms with Crippen molar-refractivity contribution >= 4 is 11.6 Å². The molecule has 4 atom stereocenters. The summed E-state index contributed by atoms with van der Waals surface area (Å²) >= 11 is 0. The maximum absolute atomic E-state index is 13.9. The molecule has 1 saturated carbocycles. The van der Waals surface area contributed by atoms with Crippen LogP contribution in [0.5, 0.6) is 5.75 Å². The van der Waals surface area contributed by atoms with Crippen molar-refractivity contribution in [1.29, 1.82) is 0 Å². The Hall–Kier alpha value is -2.62. The lowest BCUT2D eigenvalue weighted by Gasteiger charge is -2.45. The lowest BCUT2D eigenvalue weighted by molar-refractivity contribution is -0.0494. The molecule has 0 aromatic carbocycles. The standard InChI is InChI=1S/C21H24F3N5O2/c22-13-2-1-11(5-13)20-27-16(12-6-17(31-21(23)24)19(25)26-8-12)7-18(28-20)29-9-15-4-3-14(29)10-30-15/h6-8,11,13-15,21H,1-5,9-10H2,(H2,25,26)/t11?,13?,14-,15-/m0/s1.